The molecule has 130 valence electrons. The van der Waals surface area contributed by atoms with Gasteiger partial charge < -0.3 is 33.2 Å². The highest BCUT2D eigenvalue weighted by Gasteiger charge is 2.29. The number of piperidine rings is 1. The van der Waals surface area contributed by atoms with Gasteiger partial charge in [-0.25, -0.2) is 4.79 Å². The Balaban J connectivity index is 0.00000242. The van der Waals surface area contributed by atoms with E-state index in [0.29, 0.717) is 6.54 Å². The average molecular weight is 423 g/mol. The van der Waals surface area contributed by atoms with Crippen molar-refractivity contribution in [3.05, 3.63) is 0 Å². The van der Waals surface area contributed by atoms with Gasteiger partial charge in [-0.15, -0.1) is 0 Å². The zero-order valence-corrected chi connectivity index (χ0v) is 16.5. The fourth-order valence-electron chi connectivity index (χ4n) is 3.86. The van der Waals surface area contributed by atoms with Crippen molar-refractivity contribution in [1.82, 2.24) is 0 Å². The van der Waals surface area contributed by atoms with Crippen molar-refractivity contribution < 1.29 is 38.0 Å². The van der Waals surface area contributed by atoms with E-state index in [1.54, 1.807) is 0 Å². The molecule has 1 saturated heterocycles. The van der Waals surface area contributed by atoms with Gasteiger partial charge in [-0.05, 0) is 44.9 Å². The smallest absolute Gasteiger partial charge is 0.362 e. The monoisotopic (exact) mass is 423 g/mol. The first-order valence-corrected chi connectivity index (χ1v) is 9.21. The lowest BCUT2D eigenvalue weighted by atomic mass is 9.99. The number of carbonyl (C=O) groups excluding carboxylic acids is 1. The lowest BCUT2D eigenvalue weighted by molar-refractivity contribution is -0.907. The molecule has 22 heavy (non-hydrogen) atoms. The lowest BCUT2D eigenvalue weighted by Crippen LogP contribution is -3.00. The molecule has 0 N–H and O–H groups in total. The van der Waals surface area contributed by atoms with Gasteiger partial charge in [-0.2, -0.15) is 0 Å². The summed E-state index contributed by atoms with van der Waals surface area (Å²) in [6.07, 6.45) is 15.4. The van der Waals surface area contributed by atoms with E-state index in [-0.39, 0.29) is 36.0 Å². The van der Waals surface area contributed by atoms with Crippen molar-refractivity contribution in [2.45, 2.75) is 83.2 Å². The van der Waals surface area contributed by atoms with Gasteiger partial charge in [0.1, 0.15) is 6.10 Å². The molecule has 3 nitrogen and oxygen atoms in total. The Kier molecular flexibility index (Phi) is 9.96. The molecule has 4 heteroatoms. The zero-order chi connectivity index (χ0) is 15.0. The summed E-state index contributed by atoms with van der Waals surface area (Å²) < 4.78 is 6.73. The van der Waals surface area contributed by atoms with E-state index in [2.05, 4.69) is 7.05 Å². The van der Waals surface area contributed by atoms with Crippen LogP contribution < -0.4 is 24.0 Å². The van der Waals surface area contributed by atoms with Gasteiger partial charge in [0, 0.05) is 0 Å². The van der Waals surface area contributed by atoms with E-state index < -0.39 is 0 Å². The molecule has 2 rings (SSSR count). The molecule has 0 bridgehead atoms. The van der Waals surface area contributed by atoms with Crippen molar-refractivity contribution in [3.8, 4) is 0 Å². The number of ether oxygens (including phenoxy) is 1. The Labute approximate surface area is 153 Å². The normalized spacial score (nSPS) is 24.0. The van der Waals surface area contributed by atoms with Crippen molar-refractivity contribution in [2.75, 3.05) is 26.7 Å². The lowest BCUT2D eigenvalue weighted by Gasteiger charge is -2.37. The molecule has 0 spiro atoms. The molecule has 0 radical (unpaired) electrons. The summed E-state index contributed by atoms with van der Waals surface area (Å²) in [5.74, 6) is 0.0430. The number of nitrogens with zero attached hydrogens (tertiary/aromatic N) is 1. The third kappa shape index (κ3) is 7.62. The van der Waals surface area contributed by atoms with Gasteiger partial charge in [0.2, 0.25) is 0 Å². The quantitative estimate of drug-likeness (QED) is 0.386. The average Bonchev–Trinajstić information content (AvgIpc) is 2.46. The Morgan fingerprint density at radius 3 is 1.86 bits per heavy atom. The second-order valence-corrected chi connectivity index (χ2v) is 7.45. The first-order chi connectivity index (χ1) is 10.2. The van der Waals surface area contributed by atoms with Crippen molar-refractivity contribution in [2.24, 2.45) is 0 Å². The van der Waals surface area contributed by atoms with Crippen LogP contribution in [0.4, 0.5) is 0 Å². The molecule has 2 aliphatic rings. The Bertz CT molecular complexity index is 306. The van der Waals surface area contributed by atoms with Crippen LogP contribution in [0.2, 0.25) is 0 Å². The van der Waals surface area contributed by atoms with E-state index in [1.807, 2.05) is 0 Å². The highest BCUT2D eigenvalue weighted by Crippen LogP contribution is 2.20. The fraction of sp³-hybridized carbons (Fsp3) is 0.944. The number of hydrogen-bond donors (Lipinski definition) is 0. The van der Waals surface area contributed by atoms with Gasteiger partial charge in [-0.3, -0.25) is 0 Å². The van der Waals surface area contributed by atoms with Crippen LogP contribution in [-0.2, 0) is 9.53 Å². The van der Waals surface area contributed by atoms with E-state index in [4.69, 9.17) is 4.74 Å². The molecule has 0 aromatic carbocycles. The molecule has 0 aromatic rings. The SMILES string of the molecule is C[N+]1(CC(=O)OC2CCCCCCCCC2)CCCCC1.[I-]. The van der Waals surface area contributed by atoms with Crippen LogP contribution in [0.5, 0.6) is 0 Å². The zero-order valence-electron chi connectivity index (χ0n) is 14.3. The van der Waals surface area contributed by atoms with Gasteiger partial charge in [-0.1, -0.05) is 32.1 Å². The van der Waals surface area contributed by atoms with Crippen LogP contribution in [0, 0.1) is 0 Å². The predicted octanol–water partition coefficient (Wildman–Crippen LogP) is 1.06. The van der Waals surface area contributed by atoms with Crippen LogP contribution in [0.3, 0.4) is 0 Å². The Morgan fingerprint density at radius 1 is 0.864 bits per heavy atom. The molecule has 1 aliphatic carbocycles. The van der Waals surface area contributed by atoms with Crippen molar-refractivity contribution >= 4 is 5.97 Å². The minimum absolute atomic E-state index is 0. The number of quaternary nitrogens is 1. The second kappa shape index (κ2) is 10.8. The molecule has 2 fully saturated rings. The largest absolute Gasteiger partial charge is 1.00 e. The summed E-state index contributed by atoms with van der Waals surface area (Å²) in [4.78, 5) is 12.3. The molecule has 0 aromatic heterocycles. The molecule has 1 heterocycles. The maximum Gasteiger partial charge on any atom is 0.362 e. The summed E-state index contributed by atoms with van der Waals surface area (Å²) in [6.45, 7) is 2.86. The van der Waals surface area contributed by atoms with E-state index in [0.717, 1.165) is 30.4 Å². The standard InChI is InChI=1S/C18H34NO2.HI/c1-19(14-10-7-11-15-19)16-18(20)21-17-12-8-5-3-2-4-6-9-13-17;/h17H,2-16H2,1H3;1H/q+1;/p-1. The van der Waals surface area contributed by atoms with Crippen LogP contribution in [0.15, 0.2) is 0 Å². The van der Waals surface area contributed by atoms with Crippen LogP contribution in [-0.4, -0.2) is 43.2 Å². The van der Waals surface area contributed by atoms with Gasteiger partial charge in [0.25, 0.3) is 0 Å². The summed E-state index contributed by atoms with van der Waals surface area (Å²) >= 11 is 0. The predicted molar refractivity (Wildman–Crippen MR) is 86.1 cm³/mol. The molecule has 0 atom stereocenters. The van der Waals surface area contributed by atoms with E-state index in [1.165, 1.54) is 64.2 Å². The highest BCUT2D eigenvalue weighted by atomic mass is 127. The first kappa shape index (κ1) is 20.2. The number of esters is 1. The molecule has 1 saturated carbocycles. The first-order valence-electron chi connectivity index (χ1n) is 9.21. The maximum atomic E-state index is 12.3. The molecular weight excluding hydrogens is 389 g/mol. The summed E-state index contributed by atoms with van der Waals surface area (Å²) in [5, 5.41) is 0. The van der Waals surface area contributed by atoms with E-state index >= 15 is 0 Å². The van der Waals surface area contributed by atoms with Crippen LogP contribution >= 0.6 is 0 Å². The number of likely N-dealkylation sites (N-methyl/N-ethyl adjacent to an activating group) is 1. The maximum absolute atomic E-state index is 12.3. The highest BCUT2D eigenvalue weighted by molar-refractivity contribution is 5.70. The third-order valence-electron chi connectivity index (χ3n) is 5.26. The van der Waals surface area contributed by atoms with E-state index in [9.17, 15) is 4.79 Å². The molecule has 0 unspecified atom stereocenters. The second-order valence-electron chi connectivity index (χ2n) is 7.45. The number of carbonyl (C=O) groups is 1. The van der Waals surface area contributed by atoms with Gasteiger partial charge >= 0.3 is 5.97 Å². The summed E-state index contributed by atoms with van der Waals surface area (Å²) in [6, 6.07) is 0. The number of likely N-dealkylation sites (tertiary alicyclic amines) is 1. The minimum Gasteiger partial charge on any atom is -1.00 e. The van der Waals surface area contributed by atoms with Crippen LogP contribution in [0.25, 0.3) is 0 Å². The number of halogens is 1. The van der Waals surface area contributed by atoms with Crippen molar-refractivity contribution in [1.29, 1.82) is 0 Å². The molecule has 1 aliphatic heterocycles. The number of hydrogen-bond acceptors (Lipinski definition) is 2. The molecule has 0 amide bonds. The molecular formula is C18H34INO2. The fourth-order valence-corrected chi connectivity index (χ4v) is 3.86. The topological polar surface area (TPSA) is 26.3 Å². The van der Waals surface area contributed by atoms with Gasteiger partial charge in [0.15, 0.2) is 6.54 Å². The van der Waals surface area contributed by atoms with Gasteiger partial charge in [0.05, 0.1) is 20.1 Å². The summed E-state index contributed by atoms with van der Waals surface area (Å²) in [5.41, 5.74) is 0. The third-order valence-corrected chi connectivity index (χ3v) is 5.26. The number of rotatable bonds is 3. The Hall–Kier alpha value is 0.160. The minimum atomic E-state index is 0. The van der Waals surface area contributed by atoms with Crippen molar-refractivity contribution in [3.63, 3.8) is 0 Å². The Morgan fingerprint density at radius 2 is 1.32 bits per heavy atom. The summed E-state index contributed by atoms with van der Waals surface area (Å²) in [7, 11) is 2.22. The van der Waals surface area contributed by atoms with Crippen LogP contribution in [0.1, 0.15) is 77.0 Å².